The van der Waals surface area contributed by atoms with Crippen LogP contribution in [-0.4, -0.2) is 13.7 Å². The van der Waals surface area contributed by atoms with Crippen molar-refractivity contribution in [1.82, 2.24) is 5.32 Å². The number of benzene rings is 1. The van der Waals surface area contributed by atoms with E-state index in [1.807, 2.05) is 12.1 Å². The van der Waals surface area contributed by atoms with Crippen LogP contribution in [0.3, 0.4) is 0 Å². The van der Waals surface area contributed by atoms with E-state index in [4.69, 9.17) is 4.74 Å². The van der Waals surface area contributed by atoms with E-state index in [9.17, 15) is 0 Å². The van der Waals surface area contributed by atoms with Gasteiger partial charge < -0.3 is 10.1 Å². The van der Waals surface area contributed by atoms with Gasteiger partial charge in [-0.1, -0.05) is 36.7 Å². The molecule has 0 aliphatic heterocycles. The molecule has 1 N–H and O–H groups in total. The zero-order chi connectivity index (χ0) is 12.2. The maximum Gasteiger partial charge on any atom is 0.119 e. The average Bonchev–Trinajstić information content (AvgIpc) is 2.19. The van der Waals surface area contributed by atoms with Gasteiger partial charge in [0.25, 0.3) is 0 Å². The van der Waals surface area contributed by atoms with Crippen molar-refractivity contribution in [3.05, 3.63) is 28.2 Å². The molecule has 0 aromatic heterocycles. The lowest BCUT2D eigenvalue weighted by Crippen LogP contribution is -2.26. The first-order chi connectivity index (χ1) is 7.42. The predicted molar refractivity (Wildman–Crippen MR) is 71.9 cm³/mol. The fourth-order valence-corrected chi connectivity index (χ4v) is 1.77. The largest absolute Gasteiger partial charge is 0.497 e. The highest BCUT2D eigenvalue weighted by Gasteiger charge is 2.09. The molecule has 1 rings (SSSR count). The average molecular weight is 286 g/mol. The second-order valence-electron chi connectivity index (χ2n) is 5.12. The summed E-state index contributed by atoms with van der Waals surface area (Å²) in [5.74, 6) is 0.899. The summed E-state index contributed by atoms with van der Waals surface area (Å²) >= 11 is 3.54. The first-order valence-corrected chi connectivity index (χ1v) is 6.25. The fraction of sp³-hybridized carbons (Fsp3) is 0.538. The van der Waals surface area contributed by atoms with Gasteiger partial charge in [-0.05, 0) is 29.2 Å². The molecule has 1 aromatic rings. The summed E-state index contributed by atoms with van der Waals surface area (Å²) in [6.07, 6.45) is 0. The first-order valence-electron chi connectivity index (χ1n) is 5.45. The van der Waals surface area contributed by atoms with Gasteiger partial charge in [-0.25, -0.2) is 0 Å². The SMILES string of the molecule is COc1ccc(Br)c(CNCC(C)(C)C)c1. The summed E-state index contributed by atoms with van der Waals surface area (Å²) in [5.41, 5.74) is 1.54. The third-order valence-electron chi connectivity index (χ3n) is 2.22. The molecule has 0 bridgehead atoms. The highest BCUT2D eigenvalue weighted by Crippen LogP contribution is 2.22. The first kappa shape index (κ1) is 13.5. The van der Waals surface area contributed by atoms with Gasteiger partial charge in [0, 0.05) is 17.6 Å². The summed E-state index contributed by atoms with van der Waals surface area (Å²) in [5, 5.41) is 3.45. The minimum atomic E-state index is 0.311. The highest BCUT2D eigenvalue weighted by molar-refractivity contribution is 9.10. The Balaban J connectivity index is 2.59. The van der Waals surface area contributed by atoms with Crippen molar-refractivity contribution >= 4 is 15.9 Å². The molecule has 2 nitrogen and oxygen atoms in total. The van der Waals surface area contributed by atoms with Crippen molar-refractivity contribution in [1.29, 1.82) is 0 Å². The minimum Gasteiger partial charge on any atom is -0.497 e. The molecule has 0 amide bonds. The van der Waals surface area contributed by atoms with Crippen molar-refractivity contribution in [2.45, 2.75) is 27.3 Å². The summed E-state index contributed by atoms with van der Waals surface area (Å²) in [6, 6.07) is 6.03. The molecule has 3 heteroatoms. The number of rotatable bonds is 4. The number of methoxy groups -OCH3 is 1. The Kier molecular flexibility index (Phi) is 4.81. The smallest absolute Gasteiger partial charge is 0.119 e. The van der Waals surface area contributed by atoms with Gasteiger partial charge in [0.1, 0.15) is 5.75 Å². The monoisotopic (exact) mass is 285 g/mol. The maximum atomic E-state index is 5.21. The Morgan fingerprint density at radius 1 is 1.31 bits per heavy atom. The van der Waals surface area contributed by atoms with Gasteiger partial charge in [0.15, 0.2) is 0 Å². The second-order valence-corrected chi connectivity index (χ2v) is 5.98. The Morgan fingerprint density at radius 3 is 2.56 bits per heavy atom. The quantitative estimate of drug-likeness (QED) is 0.913. The maximum absolute atomic E-state index is 5.21. The summed E-state index contributed by atoms with van der Waals surface area (Å²) in [6.45, 7) is 8.52. The molecule has 0 aliphatic carbocycles. The molecular weight excluding hydrogens is 266 g/mol. The van der Waals surface area contributed by atoms with Crippen LogP contribution in [0.2, 0.25) is 0 Å². The summed E-state index contributed by atoms with van der Waals surface area (Å²) in [7, 11) is 1.69. The molecule has 0 saturated heterocycles. The Hall–Kier alpha value is -0.540. The van der Waals surface area contributed by atoms with E-state index >= 15 is 0 Å². The normalized spacial score (nSPS) is 11.6. The zero-order valence-electron chi connectivity index (χ0n) is 10.4. The molecular formula is C13H20BrNO. The van der Waals surface area contributed by atoms with Crippen LogP contribution in [0.25, 0.3) is 0 Å². The van der Waals surface area contributed by atoms with Crippen molar-refractivity contribution in [2.75, 3.05) is 13.7 Å². The van der Waals surface area contributed by atoms with E-state index in [0.29, 0.717) is 5.41 Å². The molecule has 0 spiro atoms. The lowest BCUT2D eigenvalue weighted by atomic mass is 9.97. The number of hydrogen-bond acceptors (Lipinski definition) is 2. The van der Waals surface area contributed by atoms with Crippen LogP contribution >= 0.6 is 15.9 Å². The van der Waals surface area contributed by atoms with Gasteiger partial charge in [-0.15, -0.1) is 0 Å². The standard InChI is InChI=1S/C13H20BrNO/c1-13(2,3)9-15-8-10-7-11(16-4)5-6-12(10)14/h5-7,15H,8-9H2,1-4H3. The van der Waals surface area contributed by atoms with Gasteiger partial charge >= 0.3 is 0 Å². The van der Waals surface area contributed by atoms with Crippen molar-refractivity contribution in [2.24, 2.45) is 5.41 Å². The van der Waals surface area contributed by atoms with E-state index in [0.717, 1.165) is 23.3 Å². The van der Waals surface area contributed by atoms with Crippen LogP contribution < -0.4 is 10.1 Å². The van der Waals surface area contributed by atoms with Crippen molar-refractivity contribution < 1.29 is 4.74 Å². The second kappa shape index (κ2) is 5.69. The summed E-state index contributed by atoms with van der Waals surface area (Å²) < 4.78 is 6.33. The Morgan fingerprint density at radius 2 is 2.00 bits per heavy atom. The van der Waals surface area contributed by atoms with E-state index in [-0.39, 0.29) is 0 Å². The van der Waals surface area contributed by atoms with E-state index in [1.165, 1.54) is 5.56 Å². The Bertz CT molecular complexity index is 344. The third-order valence-corrected chi connectivity index (χ3v) is 3.00. The summed E-state index contributed by atoms with van der Waals surface area (Å²) in [4.78, 5) is 0. The lowest BCUT2D eigenvalue weighted by molar-refractivity contribution is 0.378. The number of halogens is 1. The predicted octanol–water partition coefficient (Wildman–Crippen LogP) is 3.59. The molecule has 16 heavy (non-hydrogen) atoms. The van der Waals surface area contributed by atoms with E-state index in [1.54, 1.807) is 7.11 Å². The lowest BCUT2D eigenvalue weighted by Gasteiger charge is -2.19. The molecule has 1 aromatic carbocycles. The molecule has 0 atom stereocenters. The molecule has 90 valence electrons. The minimum absolute atomic E-state index is 0.311. The third kappa shape index (κ3) is 4.54. The number of ether oxygens (including phenoxy) is 1. The van der Waals surface area contributed by atoms with Gasteiger partial charge in [0.05, 0.1) is 7.11 Å². The van der Waals surface area contributed by atoms with E-state index in [2.05, 4.69) is 48.1 Å². The van der Waals surface area contributed by atoms with Gasteiger partial charge in [-0.3, -0.25) is 0 Å². The van der Waals surface area contributed by atoms with E-state index < -0.39 is 0 Å². The molecule has 0 fully saturated rings. The number of nitrogens with one attached hydrogen (secondary N) is 1. The molecule has 0 aliphatic rings. The van der Waals surface area contributed by atoms with Crippen LogP contribution in [0.4, 0.5) is 0 Å². The fourth-order valence-electron chi connectivity index (χ4n) is 1.39. The molecule has 0 heterocycles. The van der Waals surface area contributed by atoms with Gasteiger partial charge in [-0.2, -0.15) is 0 Å². The molecule has 0 unspecified atom stereocenters. The zero-order valence-corrected chi connectivity index (χ0v) is 12.0. The van der Waals surface area contributed by atoms with Crippen molar-refractivity contribution in [3.8, 4) is 5.75 Å². The van der Waals surface area contributed by atoms with Crippen LogP contribution in [-0.2, 0) is 6.54 Å². The van der Waals surface area contributed by atoms with Crippen molar-refractivity contribution in [3.63, 3.8) is 0 Å². The van der Waals surface area contributed by atoms with Gasteiger partial charge in [0.2, 0.25) is 0 Å². The van der Waals surface area contributed by atoms with Crippen LogP contribution in [0, 0.1) is 5.41 Å². The van der Waals surface area contributed by atoms with Crippen LogP contribution in [0.1, 0.15) is 26.3 Å². The molecule has 0 radical (unpaired) electrons. The van der Waals surface area contributed by atoms with Crippen LogP contribution in [0.15, 0.2) is 22.7 Å². The number of hydrogen-bond donors (Lipinski definition) is 1. The highest BCUT2D eigenvalue weighted by atomic mass is 79.9. The molecule has 0 saturated carbocycles. The topological polar surface area (TPSA) is 21.3 Å². The van der Waals surface area contributed by atoms with Crippen LogP contribution in [0.5, 0.6) is 5.75 Å². The Labute approximate surface area is 107 Å².